The van der Waals surface area contributed by atoms with Crippen LogP contribution < -0.4 is 4.74 Å². The number of benzene rings is 1. The van der Waals surface area contributed by atoms with E-state index >= 15 is 0 Å². The van der Waals surface area contributed by atoms with Crippen LogP contribution in [0.2, 0.25) is 0 Å². The molecule has 2 heterocycles. The molecule has 1 N–H and O–H groups in total. The Morgan fingerprint density at radius 3 is 2.57 bits per heavy atom. The van der Waals surface area contributed by atoms with Crippen molar-refractivity contribution in [3.8, 4) is 5.88 Å². The first-order chi connectivity index (χ1) is 10.9. The van der Waals surface area contributed by atoms with E-state index in [1.807, 2.05) is 6.07 Å². The predicted octanol–water partition coefficient (Wildman–Crippen LogP) is 3.58. The second-order valence-corrected chi connectivity index (χ2v) is 5.86. The third kappa shape index (κ3) is 3.46. The molecule has 0 amide bonds. The van der Waals surface area contributed by atoms with Crippen LogP contribution in [0.15, 0.2) is 48.7 Å². The molecule has 0 spiro atoms. The van der Waals surface area contributed by atoms with Gasteiger partial charge in [0, 0.05) is 11.8 Å². The Bertz CT molecular complexity index is 827. The van der Waals surface area contributed by atoms with Crippen molar-refractivity contribution in [2.45, 2.75) is 26.1 Å². The van der Waals surface area contributed by atoms with E-state index in [-0.39, 0.29) is 12.4 Å². The maximum absolute atomic E-state index is 13.0. The van der Waals surface area contributed by atoms with Crippen molar-refractivity contribution in [1.82, 2.24) is 9.97 Å². The normalized spacial score (nSPS) is 11.7. The zero-order valence-corrected chi connectivity index (χ0v) is 13.0. The Morgan fingerprint density at radius 2 is 1.87 bits per heavy atom. The molecule has 2 aromatic heterocycles. The van der Waals surface area contributed by atoms with Crippen LogP contribution in [-0.4, -0.2) is 15.1 Å². The Hall–Kier alpha value is -2.53. The number of ether oxygens (including phenoxy) is 1. The standard InChI is InChI=1S/C18H17FN2O2/c1-18(2,22)14-10-16-15(4-3-9-20-16)21-17(14)23-11-12-5-7-13(19)8-6-12/h3-10,22H,11H2,1-2H3. The third-order valence-electron chi connectivity index (χ3n) is 3.50. The lowest BCUT2D eigenvalue weighted by Gasteiger charge is -2.21. The molecule has 0 bridgehead atoms. The van der Waals surface area contributed by atoms with Crippen molar-refractivity contribution in [2.75, 3.05) is 0 Å². The second kappa shape index (κ2) is 5.93. The number of hydrogen-bond donors (Lipinski definition) is 1. The van der Waals surface area contributed by atoms with Crippen molar-refractivity contribution in [3.63, 3.8) is 0 Å². The first-order valence-corrected chi connectivity index (χ1v) is 7.29. The largest absolute Gasteiger partial charge is 0.473 e. The topological polar surface area (TPSA) is 55.2 Å². The van der Waals surface area contributed by atoms with Gasteiger partial charge in [0.25, 0.3) is 0 Å². The van der Waals surface area contributed by atoms with Crippen molar-refractivity contribution in [2.24, 2.45) is 0 Å². The lowest BCUT2D eigenvalue weighted by atomic mass is 9.99. The molecular weight excluding hydrogens is 295 g/mol. The summed E-state index contributed by atoms with van der Waals surface area (Å²) in [6, 6.07) is 11.5. The fourth-order valence-electron chi connectivity index (χ4n) is 2.26. The van der Waals surface area contributed by atoms with E-state index in [2.05, 4.69) is 9.97 Å². The number of pyridine rings is 2. The van der Waals surface area contributed by atoms with Crippen LogP contribution in [0.3, 0.4) is 0 Å². The van der Waals surface area contributed by atoms with Crippen LogP contribution in [0.5, 0.6) is 5.88 Å². The van der Waals surface area contributed by atoms with Crippen LogP contribution in [0.1, 0.15) is 25.0 Å². The molecule has 118 valence electrons. The Kier molecular flexibility index (Phi) is 3.96. The minimum Gasteiger partial charge on any atom is -0.473 e. The van der Waals surface area contributed by atoms with Crippen molar-refractivity contribution >= 4 is 11.0 Å². The SMILES string of the molecule is CC(C)(O)c1cc2ncccc2nc1OCc1ccc(F)cc1. The summed E-state index contributed by atoms with van der Waals surface area (Å²) in [6.45, 7) is 3.58. The van der Waals surface area contributed by atoms with Gasteiger partial charge in [0.1, 0.15) is 12.4 Å². The fourth-order valence-corrected chi connectivity index (χ4v) is 2.26. The molecule has 0 aliphatic carbocycles. The minimum absolute atomic E-state index is 0.238. The average Bonchev–Trinajstić information content (AvgIpc) is 2.52. The van der Waals surface area contributed by atoms with Gasteiger partial charge in [-0.3, -0.25) is 4.98 Å². The van der Waals surface area contributed by atoms with E-state index < -0.39 is 5.60 Å². The van der Waals surface area contributed by atoms with Gasteiger partial charge in [0.15, 0.2) is 0 Å². The molecule has 0 saturated heterocycles. The van der Waals surface area contributed by atoms with Gasteiger partial charge in [0.05, 0.1) is 16.6 Å². The number of aromatic nitrogens is 2. The van der Waals surface area contributed by atoms with Crippen molar-refractivity contribution in [3.05, 3.63) is 65.6 Å². The zero-order valence-electron chi connectivity index (χ0n) is 13.0. The molecule has 0 aliphatic rings. The third-order valence-corrected chi connectivity index (χ3v) is 3.50. The predicted molar refractivity (Wildman–Crippen MR) is 85.5 cm³/mol. The summed E-state index contributed by atoms with van der Waals surface area (Å²) in [7, 11) is 0. The number of nitrogens with zero attached hydrogens (tertiary/aromatic N) is 2. The quantitative estimate of drug-likeness (QED) is 0.800. The summed E-state index contributed by atoms with van der Waals surface area (Å²) in [5.41, 5.74) is 1.65. The maximum atomic E-state index is 13.0. The minimum atomic E-state index is -1.11. The number of fused-ring (bicyclic) bond motifs is 1. The van der Waals surface area contributed by atoms with Crippen molar-refractivity contribution < 1.29 is 14.2 Å². The monoisotopic (exact) mass is 312 g/mol. The molecule has 3 rings (SSSR count). The van der Waals surface area contributed by atoms with Gasteiger partial charge in [-0.2, -0.15) is 0 Å². The van der Waals surface area contributed by atoms with Gasteiger partial charge >= 0.3 is 0 Å². The van der Waals surface area contributed by atoms with E-state index in [1.54, 1.807) is 44.3 Å². The van der Waals surface area contributed by atoms with E-state index in [9.17, 15) is 9.50 Å². The number of aliphatic hydroxyl groups is 1. The smallest absolute Gasteiger partial charge is 0.220 e. The lowest BCUT2D eigenvalue weighted by molar-refractivity contribution is 0.0736. The highest BCUT2D eigenvalue weighted by Gasteiger charge is 2.23. The van der Waals surface area contributed by atoms with Gasteiger partial charge in [-0.25, -0.2) is 9.37 Å². The zero-order chi connectivity index (χ0) is 16.4. The lowest BCUT2D eigenvalue weighted by Crippen LogP contribution is -2.18. The Balaban J connectivity index is 1.96. The maximum Gasteiger partial charge on any atom is 0.220 e. The van der Waals surface area contributed by atoms with Gasteiger partial charge in [0.2, 0.25) is 5.88 Å². The van der Waals surface area contributed by atoms with Gasteiger partial charge in [-0.1, -0.05) is 12.1 Å². The van der Waals surface area contributed by atoms with E-state index in [1.165, 1.54) is 12.1 Å². The molecule has 4 nitrogen and oxygen atoms in total. The molecule has 0 saturated carbocycles. The summed E-state index contributed by atoms with van der Waals surface area (Å²) in [6.07, 6.45) is 1.68. The van der Waals surface area contributed by atoms with Crippen molar-refractivity contribution in [1.29, 1.82) is 0 Å². The molecule has 0 fully saturated rings. The summed E-state index contributed by atoms with van der Waals surface area (Å²) < 4.78 is 18.7. The average molecular weight is 312 g/mol. The fraction of sp³-hybridized carbons (Fsp3) is 0.222. The van der Waals surface area contributed by atoms with Gasteiger partial charge in [-0.15, -0.1) is 0 Å². The molecule has 0 unspecified atom stereocenters. The summed E-state index contributed by atoms with van der Waals surface area (Å²) in [5.74, 6) is 0.0585. The number of halogens is 1. The van der Waals surface area contributed by atoms with Crippen LogP contribution in [0, 0.1) is 5.82 Å². The number of hydrogen-bond acceptors (Lipinski definition) is 4. The molecule has 0 radical (unpaired) electrons. The van der Waals surface area contributed by atoms with Gasteiger partial charge < -0.3 is 9.84 Å². The van der Waals surface area contributed by atoms with Crippen LogP contribution >= 0.6 is 0 Å². The van der Waals surface area contributed by atoms with Crippen LogP contribution in [0.25, 0.3) is 11.0 Å². The highest BCUT2D eigenvalue weighted by Crippen LogP contribution is 2.31. The molecular formula is C18H17FN2O2. The summed E-state index contributed by atoms with van der Waals surface area (Å²) in [4.78, 5) is 8.71. The summed E-state index contributed by atoms with van der Waals surface area (Å²) >= 11 is 0. The van der Waals surface area contributed by atoms with Gasteiger partial charge in [-0.05, 0) is 49.7 Å². The van der Waals surface area contributed by atoms with Crippen LogP contribution in [-0.2, 0) is 12.2 Å². The van der Waals surface area contributed by atoms with E-state index in [0.717, 1.165) is 5.56 Å². The Morgan fingerprint density at radius 1 is 1.13 bits per heavy atom. The molecule has 1 aromatic carbocycles. The number of rotatable bonds is 4. The summed E-state index contributed by atoms with van der Waals surface area (Å²) in [5, 5.41) is 10.4. The molecule has 0 aliphatic heterocycles. The molecule has 3 aromatic rings. The highest BCUT2D eigenvalue weighted by atomic mass is 19.1. The Labute approximate surface area is 133 Å². The second-order valence-electron chi connectivity index (χ2n) is 5.86. The molecule has 0 atom stereocenters. The molecule has 5 heteroatoms. The first kappa shape index (κ1) is 15.4. The van der Waals surface area contributed by atoms with E-state index in [0.29, 0.717) is 22.5 Å². The molecule has 23 heavy (non-hydrogen) atoms. The van der Waals surface area contributed by atoms with Crippen LogP contribution in [0.4, 0.5) is 4.39 Å². The highest BCUT2D eigenvalue weighted by molar-refractivity contribution is 5.75. The van der Waals surface area contributed by atoms with E-state index in [4.69, 9.17) is 4.74 Å². The first-order valence-electron chi connectivity index (χ1n) is 7.29.